The first-order chi connectivity index (χ1) is 14.4. The molecular weight excluding hydrogens is 384 g/mol. The quantitative estimate of drug-likeness (QED) is 0.634. The van der Waals surface area contributed by atoms with Gasteiger partial charge < -0.3 is 4.42 Å². The normalized spacial score (nSPS) is 13.9. The third-order valence-corrected chi connectivity index (χ3v) is 5.40. The number of amides is 2. The Balaban J connectivity index is 1.56. The van der Waals surface area contributed by atoms with Gasteiger partial charge in [0.2, 0.25) is 0 Å². The molecule has 0 saturated carbocycles. The molecule has 30 heavy (non-hydrogen) atoms. The summed E-state index contributed by atoms with van der Waals surface area (Å²) in [6.45, 7) is 4.11. The van der Waals surface area contributed by atoms with Gasteiger partial charge in [0.1, 0.15) is 17.3 Å². The minimum Gasteiger partial charge on any atom is -0.466 e. The Morgan fingerprint density at radius 3 is 2.57 bits per heavy atom. The maximum Gasteiger partial charge on any atom is 0.273 e. The van der Waals surface area contributed by atoms with Crippen molar-refractivity contribution in [3.8, 4) is 0 Å². The number of carbonyl (C=O) groups excluding carboxylic acids is 2. The van der Waals surface area contributed by atoms with Gasteiger partial charge in [-0.25, -0.2) is 4.98 Å². The highest BCUT2D eigenvalue weighted by molar-refractivity contribution is 6.01. The summed E-state index contributed by atoms with van der Waals surface area (Å²) in [6.07, 6.45) is 4.96. The topological polar surface area (TPSA) is 106 Å². The van der Waals surface area contributed by atoms with Crippen LogP contribution in [0.2, 0.25) is 0 Å². The molecule has 1 aromatic carbocycles. The van der Waals surface area contributed by atoms with E-state index in [0.29, 0.717) is 40.1 Å². The number of nitrogens with one attached hydrogen (secondary N) is 2. The molecule has 0 fully saturated rings. The highest BCUT2D eigenvalue weighted by Crippen LogP contribution is 2.17. The van der Waals surface area contributed by atoms with Gasteiger partial charge in [-0.05, 0) is 51.0 Å². The Kier molecular flexibility index (Phi) is 5.39. The fourth-order valence-corrected chi connectivity index (χ4v) is 3.85. The third kappa shape index (κ3) is 3.85. The van der Waals surface area contributed by atoms with Crippen LogP contribution in [0.25, 0.3) is 10.9 Å². The molecule has 0 radical (unpaired) electrons. The second-order valence-corrected chi connectivity index (χ2v) is 7.62. The standard InChI is InChI=1S/C22H24N4O4/c1-13-11-17(14(2)30-13)21(28)25-24-20(27)15-8-9-16-18(12-15)23-19-7-5-3-4-6-10-26(19)22(16)29/h8-9,11-12H,3-7,10H2,1-2H3,(H,24,27)(H,25,28). The lowest BCUT2D eigenvalue weighted by molar-refractivity contribution is 0.0846. The van der Waals surface area contributed by atoms with Crippen LogP contribution in [0.4, 0.5) is 0 Å². The van der Waals surface area contributed by atoms with Crippen molar-refractivity contribution < 1.29 is 14.0 Å². The van der Waals surface area contributed by atoms with Crippen molar-refractivity contribution in [3.05, 3.63) is 63.1 Å². The van der Waals surface area contributed by atoms with Gasteiger partial charge in [-0.3, -0.25) is 29.8 Å². The Morgan fingerprint density at radius 2 is 1.80 bits per heavy atom. The number of hydrogen-bond donors (Lipinski definition) is 2. The molecule has 0 bridgehead atoms. The summed E-state index contributed by atoms with van der Waals surface area (Å²) in [5.74, 6) is 0.911. The van der Waals surface area contributed by atoms with Crippen LogP contribution in [0, 0.1) is 13.8 Å². The first-order valence-electron chi connectivity index (χ1n) is 10.2. The molecule has 8 nitrogen and oxygen atoms in total. The van der Waals surface area contributed by atoms with Crippen LogP contribution in [0.1, 0.15) is 63.7 Å². The second-order valence-electron chi connectivity index (χ2n) is 7.62. The summed E-state index contributed by atoms with van der Waals surface area (Å²) < 4.78 is 7.10. The van der Waals surface area contributed by atoms with E-state index in [1.165, 1.54) is 0 Å². The molecule has 8 heteroatoms. The first-order valence-corrected chi connectivity index (χ1v) is 10.2. The SMILES string of the molecule is Cc1cc(C(=O)NNC(=O)c2ccc3c(=O)n4c(nc3c2)CCCCCC4)c(C)o1. The lowest BCUT2D eigenvalue weighted by Gasteiger charge is -2.16. The van der Waals surface area contributed by atoms with Gasteiger partial charge in [0.05, 0.1) is 16.5 Å². The average Bonchev–Trinajstić information content (AvgIpc) is 3.05. The summed E-state index contributed by atoms with van der Waals surface area (Å²) in [7, 11) is 0. The van der Waals surface area contributed by atoms with E-state index in [2.05, 4.69) is 15.8 Å². The molecule has 1 aliphatic heterocycles. The number of fused-ring (bicyclic) bond motifs is 2. The summed E-state index contributed by atoms with van der Waals surface area (Å²) in [6, 6.07) is 6.39. The number of aryl methyl sites for hydroxylation is 3. The zero-order valence-electron chi connectivity index (χ0n) is 17.1. The van der Waals surface area contributed by atoms with Crippen molar-refractivity contribution in [1.29, 1.82) is 0 Å². The van der Waals surface area contributed by atoms with Gasteiger partial charge in [0, 0.05) is 18.5 Å². The van der Waals surface area contributed by atoms with Crippen molar-refractivity contribution in [2.24, 2.45) is 0 Å². The number of rotatable bonds is 2. The van der Waals surface area contributed by atoms with Gasteiger partial charge in [-0.1, -0.05) is 12.8 Å². The minimum atomic E-state index is -0.489. The van der Waals surface area contributed by atoms with E-state index in [0.717, 1.165) is 37.9 Å². The Bertz CT molecular complexity index is 1190. The largest absolute Gasteiger partial charge is 0.466 e. The molecule has 2 aromatic heterocycles. The van der Waals surface area contributed by atoms with Crippen molar-refractivity contribution in [2.45, 2.75) is 52.5 Å². The molecule has 3 heterocycles. The Morgan fingerprint density at radius 1 is 1.03 bits per heavy atom. The molecule has 0 saturated heterocycles. The molecule has 0 spiro atoms. The molecule has 0 aliphatic carbocycles. The lowest BCUT2D eigenvalue weighted by Crippen LogP contribution is -2.41. The van der Waals surface area contributed by atoms with Crippen molar-refractivity contribution >= 4 is 22.7 Å². The monoisotopic (exact) mass is 408 g/mol. The van der Waals surface area contributed by atoms with E-state index in [9.17, 15) is 14.4 Å². The number of furan rings is 1. The van der Waals surface area contributed by atoms with E-state index in [1.807, 2.05) is 0 Å². The minimum absolute atomic E-state index is 0.0667. The van der Waals surface area contributed by atoms with Gasteiger partial charge in [-0.15, -0.1) is 0 Å². The lowest BCUT2D eigenvalue weighted by atomic mass is 10.1. The summed E-state index contributed by atoms with van der Waals surface area (Å²) in [5.41, 5.74) is 5.89. The van der Waals surface area contributed by atoms with Crippen molar-refractivity contribution in [3.63, 3.8) is 0 Å². The number of benzene rings is 1. The van der Waals surface area contributed by atoms with Crippen molar-refractivity contribution in [1.82, 2.24) is 20.4 Å². The number of carbonyl (C=O) groups is 2. The Hall–Kier alpha value is -3.42. The molecule has 4 rings (SSSR count). The smallest absolute Gasteiger partial charge is 0.273 e. The zero-order valence-corrected chi connectivity index (χ0v) is 17.1. The van der Waals surface area contributed by atoms with Gasteiger partial charge in [0.15, 0.2) is 0 Å². The van der Waals surface area contributed by atoms with Gasteiger partial charge in [-0.2, -0.15) is 0 Å². The second kappa shape index (κ2) is 8.14. The molecule has 2 amide bonds. The fourth-order valence-electron chi connectivity index (χ4n) is 3.85. The highest BCUT2D eigenvalue weighted by Gasteiger charge is 2.17. The summed E-state index contributed by atoms with van der Waals surface area (Å²) >= 11 is 0. The van der Waals surface area contributed by atoms with E-state index < -0.39 is 11.8 Å². The highest BCUT2D eigenvalue weighted by atomic mass is 16.3. The molecular formula is C22H24N4O4. The van der Waals surface area contributed by atoms with E-state index in [4.69, 9.17) is 4.42 Å². The number of hydrogen-bond acceptors (Lipinski definition) is 5. The molecule has 156 valence electrons. The summed E-state index contributed by atoms with van der Waals surface area (Å²) in [5, 5.41) is 0.490. The summed E-state index contributed by atoms with van der Waals surface area (Å²) in [4.78, 5) is 42.3. The van der Waals surface area contributed by atoms with Crippen LogP contribution in [0.15, 0.2) is 33.5 Å². The zero-order chi connectivity index (χ0) is 21.3. The number of hydrazine groups is 1. The van der Waals surface area contributed by atoms with E-state index in [1.54, 1.807) is 42.7 Å². The Labute approximate surface area is 173 Å². The average molecular weight is 408 g/mol. The van der Waals surface area contributed by atoms with Gasteiger partial charge in [0.25, 0.3) is 17.4 Å². The van der Waals surface area contributed by atoms with Crippen LogP contribution in [0.5, 0.6) is 0 Å². The maximum absolute atomic E-state index is 12.9. The molecule has 2 N–H and O–H groups in total. The third-order valence-electron chi connectivity index (χ3n) is 5.40. The molecule has 1 aliphatic rings. The van der Waals surface area contributed by atoms with Gasteiger partial charge >= 0.3 is 0 Å². The predicted molar refractivity (Wildman–Crippen MR) is 111 cm³/mol. The van der Waals surface area contributed by atoms with Crippen LogP contribution in [0.3, 0.4) is 0 Å². The molecule has 0 atom stereocenters. The number of aromatic nitrogens is 2. The molecule has 3 aromatic rings. The fraction of sp³-hybridized carbons (Fsp3) is 0.364. The maximum atomic E-state index is 12.9. The van der Waals surface area contributed by atoms with Crippen molar-refractivity contribution in [2.75, 3.05) is 0 Å². The van der Waals surface area contributed by atoms with Crippen LogP contribution in [-0.2, 0) is 13.0 Å². The number of nitrogens with zero attached hydrogens (tertiary/aromatic N) is 2. The first kappa shape index (κ1) is 19.9. The van der Waals surface area contributed by atoms with E-state index in [-0.39, 0.29) is 5.56 Å². The van der Waals surface area contributed by atoms with Crippen LogP contribution in [-0.4, -0.2) is 21.4 Å². The van der Waals surface area contributed by atoms with Crippen LogP contribution < -0.4 is 16.4 Å². The predicted octanol–water partition coefficient (Wildman–Crippen LogP) is 2.80. The van der Waals surface area contributed by atoms with E-state index >= 15 is 0 Å². The van der Waals surface area contributed by atoms with Crippen LogP contribution >= 0.6 is 0 Å². The molecule has 0 unspecified atom stereocenters.